The number of nitrogen functional groups attached to an aromatic ring is 1. The number of benzene rings is 2. The largest absolute Gasteiger partial charge is 0.411 e. The van der Waals surface area contributed by atoms with Gasteiger partial charge < -0.3 is 26.0 Å². The number of carbonyl (C=O) groups excluding carboxylic acids is 2. The van der Waals surface area contributed by atoms with E-state index in [0.717, 1.165) is 45.6 Å². The molecule has 182 valence electrons. The molecule has 2 saturated heterocycles. The Labute approximate surface area is 204 Å². The Kier molecular flexibility index (Phi) is 6.41. The van der Waals surface area contributed by atoms with Gasteiger partial charge in [-0.3, -0.25) is 4.79 Å². The fourth-order valence-electron chi connectivity index (χ4n) is 5.26. The second-order valence-electron chi connectivity index (χ2n) is 9.35. The van der Waals surface area contributed by atoms with Crippen molar-refractivity contribution in [2.75, 3.05) is 38.5 Å². The summed E-state index contributed by atoms with van der Waals surface area (Å²) in [5, 5.41) is 4.32. The highest BCUT2D eigenvalue weighted by Crippen LogP contribution is 2.33. The Bertz CT molecular complexity index is 1180. The molecule has 3 heterocycles. The highest BCUT2D eigenvalue weighted by molar-refractivity contribution is 5.98. The summed E-state index contributed by atoms with van der Waals surface area (Å²) >= 11 is 0. The Balaban J connectivity index is 1.15. The number of nitrogens with two attached hydrogens (primary N) is 2. The fourth-order valence-corrected chi connectivity index (χ4v) is 5.26. The van der Waals surface area contributed by atoms with Gasteiger partial charge in [-0.05, 0) is 61.1 Å². The lowest BCUT2D eigenvalue weighted by molar-refractivity contribution is 0.0775. The molecule has 2 aromatic carbocycles. The van der Waals surface area contributed by atoms with Crippen molar-refractivity contribution < 1.29 is 14.3 Å². The minimum absolute atomic E-state index is 0.0764. The molecule has 35 heavy (non-hydrogen) atoms. The first-order chi connectivity index (χ1) is 17.0. The van der Waals surface area contributed by atoms with Gasteiger partial charge in [0.1, 0.15) is 17.1 Å². The van der Waals surface area contributed by atoms with Crippen LogP contribution in [0.15, 0.2) is 60.8 Å². The maximum absolute atomic E-state index is 13.2. The molecule has 0 radical (unpaired) electrons. The first-order valence-corrected chi connectivity index (χ1v) is 11.9. The quantitative estimate of drug-likeness (QED) is 0.543. The van der Waals surface area contributed by atoms with E-state index >= 15 is 0 Å². The van der Waals surface area contributed by atoms with Crippen LogP contribution >= 0.6 is 0 Å². The maximum Gasteiger partial charge on any atom is 0.409 e. The number of likely N-dealkylation sites (tertiary alicyclic amines) is 2. The summed E-state index contributed by atoms with van der Waals surface area (Å²) in [6.07, 6.45) is 2.89. The Hall–Kier alpha value is -3.85. The zero-order valence-corrected chi connectivity index (χ0v) is 19.5. The van der Waals surface area contributed by atoms with Crippen LogP contribution in [-0.4, -0.2) is 64.3 Å². The number of aryl methyl sites for hydroxylation is 1. The van der Waals surface area contributed by atoms with Gasteiger partial charge in [0, 0.05) is 26.2 Å². The predicted molar refractivity (Wildman–Crippen MR) is 132 cm³/mol. The number of anilines is 1. The van der Waals surface area contributed by atoms with Gasteiger partial charge in [-0.2, -0.15) is 5.10 Å². The number of fused-ring (bicyclic) bond motifs is 1. The smallest absolute Gasteiger partial charge is 0.409 e. The van der Waals surface area contributed by atoms with Crippen LogP contribution in [-0.2, 0) is 6.42 Å². The molecule has 3 aromatic rings. The minimum Gasteiger partial charge on any atom is -0.411 e. The summed E-state index contributed by atoms with van der Waals surface area (Å²) in [6.45, 7) is 4.68. The number of nitrogens with zero attached hydrogens (tertiary/aromatic N) is 4. The van der Waals surface area contributed by atoms with Crippen LogP contribution < -0.4 is 16.2 Å². The van der Waals surface area contributed by atoms with Gasteiger partial charge in [-0.25, -0.2) is 9.48 Å². The molecular formula is C26H30N6O3. The molecule has 0 spiro atoms. The van der Waals surface area contributed by atoms with Crippen molar-refractivity contribution in [2.24, 2.45) is 17.6 Å². The number of amides is 2. The van der Waals surface area contributed by atoms with E-state index in [-0.39, 0.29) is 11.7 Å². The van der Waals surface area contributed by atoms with Gasteiger partial charge in [-0.15, -0.1) is 0 Å². The third-order valence-electron chi connectivity index (χ3n) is 6.97. The Morgan fingerprint density at radius 2 is 1.66 bits per heavy atom. The lowest BCUT2D eigenvalue weighted by Crippen LogP contribution is -2.33. The average molecular weight is 475 g/mol. The molecule has 0 aliphatic carbocycles. The highest BCUT2D eigenvalue weighted by Gasteiger charge is 2.42. The molecule has 9 nitrogen and oxygen atoms in total. The summed E-state index contributed by atoms with van der Waals surface area (Å²) in [6, 6.07) is 17.2. The van der Waals surface area contributed by atoms with E-state index in [1.165, 1.54) is 16.4 Å². The van der Waals surface area contributed by atoms with Crippen LogP contribution in [0.5, 0.6) is 5.75 Å². The molecule has 2 atom stereocenters. The molecule has 5 rings (SSSR count). The minimum atomic E-state index is -0.880. The number of rotatable bonds is 7. The van der Waals surface area contributed by atoms with E-state index in [1.54, 1.807) is 24.3 Å². The number of carbonyl (C=O) groups is 2. The van der Waals surface area contributed by atoms with Crippen molar-refractivity contribution in [3.63, 3.8) is 0 Å². The van der Waals surface area contributed by atoms with E-state index in [2.05, 4.69) is 40.3 Å². The van der Waals surface area contributed by atoms with Crippen LogP contribution in [0.4, 0.5) is 10.6 Å². The van der Waals surface area contributed by atoms with E-state index in [0.29, 0.717) is 28.8 Å². The molecule has 2 aliphatic rings. The Morgan fingerprint density at radius 1 is 0.971 bits per heavy atom. The monoisotopic (exact) mass is 474 g/mol. The lowest BCUT2D eigenvalue weighted by atomic mass is 10.0. The van der Waals surface area contributed by atoms with Crippen LogP contribution in [0.25, 0.3) is 5.69 Å². The third-order valence-corrected chi connectivity index (χ3v) is 6.97. The molecule has 1 aromatic heterocycles. The molecule has 9 heteroatoms. The molecule has 2 amide bonds. The number of hydrogen-bond acceptors (Lipinski definition) is 6. The van der Waals surface area contributed by atoms with Gasteiger partial charge in [-0.1, -0.05) is 30.3 Å². The predicted octanol–water partition coefficient (Wildman–Crippen LogP) is 2.55. The second kappa shape index (κ2) is 9.79. The molecule has 0 bridgehead atoms. The third kappa shape index (κ3) is 5.00. The van der Waals surface area contributed by atoms with Crippen molar-refractivity contribution in [3.8, 4) is 11.4 Å². The SMILES string of the molecule is NC(=O)Oc1ccc(-n2ncc(C(=O)N3CC4CN(CCCc5ccccc5)C[C@H]4C3)c2N)cc1. The maximum atomic E-state index is 13.2. The van der Waals surface area contributed by atoms with Crippen LogP contribution in [0.3, 0.4) is 0 Å². The molecule has 1 unspecified atom stereocenters. The number of ether oxygens (including phenoxy) is 1. The standard InChI is InChI=1S/C26H30N6O3/c27-24-23(13-29-32(24)21-8-10-22(11-9-21)35-26(28)34)25(33)31-16-19-14-30(15-20(19)17-31)12-4-7-18-5-2-1-3-6-18/h1-3,5-6,8-11,13,19-20H,4,7,12,14-17,27H2,(H2,28,34)/t19-,20?/m0/s1. The van der Waals surface area contributed by atoms with Gasteiger partial charge in [0.15, 0.2) is 0 Å². The Morgan fingerprint density at radius 3 is 2.31 bits per heavy atom. The van der Waals surface area contributed by atoms with Gasteiger partial charge in [0.25, 0.3) is 5.91 Å². The van der Waals surface area contributed by atoms with Crippen molar-refractivity contribution in [3.05, 3.63) is 71.9 Å². The summed E-state index contributed by atoms with van der Waals surface area (Å²) in [7, 11) is 0. The van der Waals surface area contributed by atoms with Crippen molar-refractivity contribution in [2.45, 2.75) is 12.8 Å². The molecule has 0 saturated carbocycles. The van der Waals surface area contributed by atoms with Gasteiger partial charge in [0.2, 0.25) is 0 Å². The molecule has 2 aliphatic heterocycles. The number of primary amides is 1. The van der Waals surface area contributed by atoms with Crippen molar-refractivity contribution in [1.82, 2.24) is 19.6 Å². The van der Waals surface area contributed by atoms with Crippen molar-refractivity contribution >= 4 is 17.8 Å². The van der Waals surface area contributed by atoms with E-state index in [9.17, 15) is 9.59 Å². The summed E-state index contributed by atoms with van der Waals surface area (Å²) in [5.74, 6) is 1.54. The van der Waals surface area contributed by atoms with Crippen LogP contribution in [0.1, 0.15) is 22.3 Å². The molecule has 4 N–H and O–H groups in total. The fraction of sp³-hybridized carbons (Fsp3) is 0.346. The summed E-state index contributed by atoms with van der Waals surface area (Å²) in [4.78, 5) is 28.6. The number of aromatic nitrogens is 2. The molecular weight excluding hydrogens is 444 g/mol. The normalized spacial score (nSPS) is 19.6. The topological polar surface area (TPSA) is 120 Å². The van der Waals surface area contributed by atoms with E-state index in [4.69, 9.17) is 16.2 Å². The van der Waals surface area contributed by atoms with Gasteiger partial charge >= 0.3 is 6.09 Å². The summed E-state index contributed by atoms with van der Waals surface area (Å²) in [5.41, 5.74) is 13.8. The van der Waals surface area contributed by atoms with E-state index in [1.807, 2.05) is 4.90 Å². The highest BCUT2D eigenvalue weighted by atomic mass is 16.5. The first-order valence-electron chi connectivity index (χ1n) is 11.9. The van der Waals surface area contributed by atoms with Crippen LogP contribution in [0.2, 0.25) is 0 Å². The average Bonchev–Trinajstić information content (AvgIpc) is 3.53. The zero-order chi connectivity index (χ0) is 24.4. The van der Waals surface area contributed by atoms with Crippen LogP contribution in [0, 0.1) is 11.8 Å². The van der Waals surface area contributed by atoms with E-state index < -0.39 is 6.09 Å². The van der Waals surface area contributed by atoms with Crippen molar-refractivity contribution in [1.29, 1.82) is 0 Å². The lowest BCUT2D eigenvalue weighted by Gasteiger charge is -2.21. The summed E-state index contributed by atoms with van der Waals surface area (Å²) < 4.78 is 6.35. The first kappa shape index (κ1) is 22.9. The molecule has 2 fully saturated rings. The second-order valence-corrected chi connectivity index (χ2v) is 9.35. The number of hydrogen-bond donors (Lipinski definition) is 2. The zero-order valence-electron chi connectivity index (χ0n) is 19.5. The van der Waals surface area contributed by atoms with Gasteiger partial charge in [0.05, 0.1) is 11.9 Å².